The lowest BCUT2D eigenvalue weighted by Crippen LogP contribution is -2.20. The van der Waals surface area contributed by atoms with E-state index in [1.165, 1.54) is 60.7 Å². The molecule has 0 aromatic heterocycles. The predicted octanol–water partition coefficient (Wildman–Crippen LogP) is 4.95. The Hall–Kier alpha value is -4.75. The number of benzene rings is 3. The Labute approximate surface area is 203 Å². The first-order valence-electron chi connectivity index (χ1n) is 9.91. The van der Waals surface area contributed by atoms with Crippen LogP contribution in [0.5, 0.6) is 5.75 Å². The van der Waals surface area contributed by atoms with Gasteiger partial charge in [0.05, 0.1) is 15.6 Å². The molecule has 0 aliphatic carbocycles. The molecule has 0 aliphatic rings. The minimum Gasteiger partial charge on any atom is -0.482 e. The first kappa shape index (κ1) is 24.9. The maximum atomic E-state index is 13.6. The third kappa shape index (κ3) is 6.86. The van der Waals surface area contributed by atoms with Gasteiger partial charge in [0.1, 0.15) is 23.2 Å². The van der Waals surface area contributed by atoms with Gasteiger partial charge >= 0.3 is 0 Å². The number of ether oxygens (including phenoxy) is 1. The van der Waals surface area contributed by atoms with Crippen molar-refractivity contribution in [1.82, 2.24) is 0 Å². The molecule has 0 heterocycles. The number of nitrogens with zero attached hydrogens (tertiary/aromatic N) is 2. The molecule has 2 amide bonds. The highest BCUT2D eigenvalue weighted by molar-refractivity contribution is 6.32. The van der Waals surface area contributed by atoms with E-state index in [0.717, 1.165) is 6.07 Å². The lowest BCUT2D eigenvalue weighted by atomic mass is 10.1. The number of hydrogen-bond donors (Lipinski definition) is 2. The van der Waals surface area contributed by atoms with Gasteiger partial charge in [0.25, 0.3) is 17.5 Å². The van der Waals surface area contributed by atoms with Crippen LogP contribution in [-0.4, -0.2) is 23.3 Å². The standard InChI is InChI=1S/C24H16ClFN4O5/c25-19-11-15(8-9-22(19)35-14-23(31)29-21-7-2-1-6-20(21)26)10-16(13-27)24(32)28-17-4-3-5-18(12-17)30(33)34/h1-12H,14H2,(H,28,32)(H,29,31)/b16-10-. The Balaban J connectivity index is 1.65. The number of nitro benzene ring substituents is 1. The number of amides is 2. The molecule has 0 aliphatic heterocycles. The van der Waals surface area contributed by atoms with Gasteiger partial charge in [-0.15, -0.1) is 0 Å². The van der Waals surface area contributed by atoms with E-state index in [-0.39, 0.29) is 33.4 Å². The second-order valence-electron chi connectivity index (χ2n) is 6.94. The van der Waals surface area contributed by atoms with E-state index in [1.54, 1.807) is 12.1 Å². The number of non-ortho nitro benzene ring substituents is 1. The molecule has 3 aromatic rings. The topological polar surface area (TPSA) is 134 Å². The van der Waals surface area contributed by atoms with Gasteiger partial charge in [-0.2, -0.15) is 5.26 Å². The Morgan fingerprint density at radius 1 is 1.11 bits per heavy atom. The van der Waals surface area contributed by atoms with E-state index < -0.39 is 29.2 Å². The van der Waals surface area contributed by atoms with Crippen LogP contribution in [0, 0.1) is 27.3 Å². The molecular formula is C24H16ClFN4O5. The normalized spacial score (nSPS) is 10.7. The number of para-hydroxylation sites is 1. The molecule has 0 fully saturated rings. The van der Waals surface area contributed by atoms with Crippen molar-refractivity contribution in [2.75, 3.05) is 17.2 Å². The monoisotopic (exact) mass is 494 g/mol. The summed E-state index contributed by atoms with van der Waals surface area (Å²) in [6, 6.07) is 17.1. The largest absolute Gasteiger partial charge is 0.482 e. The van der Waals surface area contributed by atoms with E-state index in [4.69, 9.17) is 16.3 Å². The smallest absolute Gasteiger partial charge is 0.271 e. The third-order valence-corrected chi connectivity index (χ3v) is 4.75. The SMILES string of the molecule is N#C/C(=C/c1ccc(OCC(=O)Nc2ccccc2F)c(Cl)c1)C(=O)Nc1cccc([N+](=O)[O-])c1. The number of nitro groups is 1. The summed E-state index contributed by atoms with van der Waals surface area (Å²) in [5, 5.41) is 25.2. The molecule has 9 nitrogen and oxygen atoms in total. The molecule has 0 saturated heterocycles. The van der Waals surface area contributed by atoms with Crippen molar-refractivity contribution in [3.63, 3.8) is 0 Å². The molecule has 0 atom stereocenters. The summed E-state index contributed by atoms with van der Waals surface area (Å²) in [5.41, 5.74) is 0.0746. The quantitative estimate of drug-likeness (QED) is 0.197. The van der Waals surface area contributed by atoms with Gasteiger partial charge in [0.2, 0.25) is 0 Å². The molecule has 0 radical (unpaired) electrons. The van der Waals surface area contributed by atoms with Crippen LogP contribution in [0.25, 0.3) is 6.08 Å². The van der Waals surface area contributed by atoms with Crippen LogP contribution in [0.4, 0.5) is 21.5 Å². The fourth-order valence-corrected chi connectivity index (χ4v) is 3.07. The van der Waals surface area contributed by atoms with Crippen molar-refractivity contribution in [2.24, 2.45) is 0 Å². The average molecular weight is 495 g/mol. The summed E-state index contributed by atoms with van der Waals surface area (Å²) in [4.78, 5) is 34.7. The molecule has 0 bridgehead atoms. The first-order chi connectivity index (χ1) is 16.8. The molecule has 0 saturated carbocycles. The van der Waals surface area contributed by atoms with E-state index in [0.29, 0.717) is 5.56 Å². The summed E-state index contributed by atoms with van der Waals surface area (Å²) in [5.74, 6) is -1.79. The number of hydrogen-bond acceptors (Lipinski definition) is 6. The van der Waals surface area contributed by atoms with E-state index in [9.17, 15) is 29.4 Å². The molecule has 2 N–H and O–H groups in total. The molecule has 3 rings (SSSR count). The van der Waals surface area contributed by atoms with Crippen LogP contribution in [0.3, 0.4) is 0 Å². The van der Waals surface area contributed by atoms with Gasteiger partial charge in [0.15, 0.2) is 6.61 Å². The highest BCUT2D eigenvalue weighted by Gasteiger charge is 2.13. The first-order valence-corrected chi connectivity index (χ1v) is 10.3. The molecule has 3 aromatic carbocycles. The van der Waals surface area contributed by atoms with Gasteiger partial charge in [-0.05, 0) is 42.0 Å². The van der Waals surface area contributed by atoms with Gasteiger partial charge < -0.3 is 15.4 Å². The van der Waals surface area contributed by atoms with E-state index >= 15 is 0 Å². The lowest BCUT2D eigenvalue weighted by molar-refractivity contribution is -0.384. The average Bonchev–Trinajstić information content (AvgIpc) is 2.83. The minimum absolute atomic E-state index is 0.0140. The summed E-state index contributed by atoms with van der Waals surface area (Å²) in [6.45, 7) is -0.432. The highest BCUT2D eigenvalue weighted by Crippen LogP contribution is 2.27. The van der Waals surface area contributed by atoms with Crippen molar-refractivity contribution in [3.8, 4) is 11.8 Å². The van der Waals surface area contributed by atoms with Crippen molar-refractivity contribution in [2.45, 2.75) is 0 Å². The summed E-state index contributed by atoms with van der Waals surface area (Å²) in [7, 11) is 0. The minimum atomic E-state index is -0.769. The molecular weight excluding hydrogens is 479 g/mol. The van der Waals surface area contributed by atoms with Crippen molar-refractivity contribution < 1.29 is 23.6 Å². The van der Waals surface area contributed by atoms with Crippen LogP contribution in [0.15, 0.2) is 72.3 Å². The number of nitrogens with one attached hydrogen (secondary N) is 2. The molecule has 0 spiro atoms. The highest BCUT2D eigenvalue weighted by atomic mass is 35.5. The molecule has 35 heavy (non-hydrogen) atoms. The zero-order chi connectivity index (χ0) is 25.4. The van der Waals surface area contributed by atoms with Crippen LogP contribution in [-0.2, 0) is 9.59 Å². The fraction of sp³-hybridized carbons (Fsp3) is 0.0417. The van der Waals surface area contributed by atoms with E-state index in [2.05, 4.69) is 10.6 Å². The number of carbonyl (C=O) groups is 2. The number of nitriles is 1. The van der Waals surface area contributed by atoms with Crippen LogP contribution in [0.1, 0.15) is 5.56 Å². The zero-order valence-electron chi connectivity index (χ0n) is 17.8. The maximum absolute atomic E-state index is 13.6. The number of halogens is 2. The second kappa shape index (κ2) is 11.4. The van der Waals surface area contributed by atoms with Gasteiger partial charge in [-0.1, -0.05) is 35.9 Å². The zero-order valence-corrected chi connectivity index (χ0v) is 18.6. The van der Waals surface area contributed by atoms with Gasteiger partial charge in [-0.25, -0.2) is 4.39 Å². The summed E-state index contributed by atoms with van der Waals surface area (Å²) >= 11 is 6.19. The Morgan fingerprint density at radius 2 is 1.89 bits per heavy atom. The number of carbonyl (C=O) groups excluding carboxylic acids is 2. The fourth-order valence-electron chi connectivity index (χ4n) is 2.83. The Morgan fingerprint density at radius 3 is 2.57 bits per heavy atom. The Kier molecular flexibility index (Phi) is 8.11. The lowest BCUT2D eigenvalue weighted by Gasteiger charge is -2.10. The molecule has 0 unspecified atom stereocenters. The summed E-state index contributed by atoms with van der Waals surface area (Å²) < 4.78 is 19.0. The molecule has 176 valence electrons. The van der Waals surface area contributed by atoms with Crippen molar-refractivity contribution in [1.29, 1.82) is 5.26 Å². The maximum Gasteiger partial charge on any atom is 0.271 e. The molecule has 11 heteroatoms. The second-order valence-corrected chi connectivity index (χ2v) is 7.35. The van der Waals surface area contributed by atoms with E-state index in [1.807, 2.05) is 0 Å². The van der Waals surface area contributed by atoms with Gasteiger partial charge in [-0.3, -0.25) is 19.7 Å². The third-order valence-electron chi connectivity index (χ3n) is 4.45. The summed E-state index contributed by atoms with van der Waals surface area (Å²) in [6.07, 6.45) is 1.27. The van der Waals surface area contributed by atoms with Crippen LogP contribution in [0.2, 0.25) is 5.02 Å². The van der Waals surface area contributed by atoms with Crippen LogP contribution >= 0.6 is 11.6 Å². The van der Waals surface area contributed by atoms with Crippen molar-refractivity contribution in [3.05, 3.63) is 98.8 Å². The number of rotatable bonds is 8. The number of anilines is 2. The van der Waals surface area contributed by atoms with Gasteiger partial charge in [0, 0.05) is 17.8 Å². The predicted molar refractivity (Wildman–Crippen MR) is 127 cm³/mol. The van der Waals surface area contributed by atoms with Crippen LogP contribution < -0.4 is 15.4 Å². The van der Waals surface area contributed by atoms with Crippen molar-refractivity contribution >= 4 is 46.6 Å². The Bertz CT molecular complexity index is 1370.